The summed E-state index contributed by atoms with van der Waals surface area (Å²) in [7, 11) is 0. The van der Waals surface area contributed by atoms with Crippen LogP contribution in [0.4, 0.5) is 11.6 Å². The Labute approximate surface area is 212 Å². The van der Waals surface area contributed by atoms with Crippen LogP contribution in [-0.2, 0) is 10.2 Å². The summed E-state index contributed by atoms with van der Waals surface area (Å²) in [6.07, 6.45) is 1.04. The van der Waals surface area contributed by atoms with E-state index < -0.39 is 0 Å². The van der Waals surface area contributed by atoms with Crippen molar-refractivity contribution < 1.29 is 4.79 Å². The van der Waals surface area contributed by atoms with E-state index in [4.69, 9.17) is 10.1 Å². The van der Waals surface area contributed by atoms with Gasteiger partial charge < -0.3 is 10.6 Å². The second-order valence-corrected chi connectivity index (χ2v) is 11.2. The SMILES string of the molecule is CCCSc1nc2n(n1)C(c1ccc(C(C)(C)C)cc1)C(C(=O)Nc1cccc(C)c1C)=C(C)N2. The van der Waals surface area contributed by atoms with E-state index in [0.29, 0.717) is 11.5 Å². The molecule has 0 saturated heterocycles. The second kappa shape index (κ2) is 9.90. The van der Waals surface area contributed by atoms with Crippen LogP contribution < -0.4 is 10.6 Å². The van der Waals surface area contributed by atoms with Gasteiger partial charge in [-0.1, -0.05) is 75.9 Å². The van der Waals surface area contributed by atoms with Gasteiger partial charge in [0.25, 0.3) is 5.91 Å². The van der Waals surface area contributed by atoms with Crippen molar-refractivity contribution in [2.24, 2.45) is 0 Å². The van der Waals surface area contributed by atoms with E-state index in [0.717, 1.165) is 45.4 Å². The Morgan fingerprint density at radius 3 is 2.49 bits per heavy atom. The molecule has 1 aromatic heterocycles. The first-order valence-electron chi connectivity index (χ1n) is 12.1. The zero-order valence-electron chi connectivity index (χ0n) is 21.7. The van der Waals surface area contributed by atoms with Crippen LogP contribution in [0.15, 0.2) is 58.9 Å². The zero-order chi connectivity index (χ0) is 25.3. The Morgan fingerprint density at radius 2 is 1.83 bits per heavy atom. The average Bonchev–Trinajstić information content (AvgIpc) is 3.21. The molecular formula is C28H35N5OS. The van der Waals surface area contributed by atoms with Crippen molar-refractivity contribution in [2.75, 3.05) is 16.4 Å². The van der Waals surface area contributed by atoms with Gasteiger partial charge in [-0.2, -0.15) is 4.98 Å². The molecule has 1 aliphatic rings. The highest BCUT2D eigenvalue weighted by Crippen LogP contribution is 2.37. The van der Waals surface area contributed by atoms with E-state index in [-0.39, 0.29) is 17.4 Å². The number of hydrogen-bond donors (Lipinski definition) is 2. The number of hydrogen-bond acceptors (Lipinski definition) is 5. The molecule has 35 heavy (non-hydrogen) atoms. The number of nitrogens with zero attached hydrogens (tertiary/aromatic N) is 3. The van der Waals surface area contributed by atoms with Gasteiger partial charge in [-0.3, -0.25) is 4.79 Å². The van der Waals surface area contributed by atoms with Crippen LogP contribution in [0, 0.1) is 13.8 Å². The van der Waals surface area contributed by atoms with Gasteiger partial charge in [0, 0.05) is 17.1 Å². The Hall–Kier alpha value is -3.06. The Bertz CT molecular complexity index is 1270. The molecule has 2 heterocycles. The molecule has 6 nitrogen and oxygen atoms in total. The number of anilines is 2. The largest absolute Gasteiger partial charge is 0.328 e. The van der Waals surface area contributed by atoms with E-state index in [9.17, 15) is 4.79 Å². The minimum atomic E-state index is -0.381. The van der Waals surface area contributed by atoms with Crippen molar-refractivity contribution in [2.45, 2.75) is 71.5 Å². The third-order valence-corrected chi connectivity index (χ3v) is 7.50. The summed E-state index contributed by atoms with van der Waals surface area (Å²) in [5, 5.41) is 12.0. The van der Waals surface area contributed by atoms with Crippen LogP contribution in [0.2, 0.25) is 0 Å². The number of aromatic nitrogens is 3. The third kappa shape index (κ3) is 5.15. The molecule has 7 heteroatoms. The lowest BCUT2D eigenvalue weighted by Gasteiger charge is -2.29. The van der Waals surface area contributed by atoms with Crippen molar-refractivity contribution in [3.8, 4) is 0 Å². The van der Waals surface area contributed by atoms with Gasteiger partial charge in [-0.15, -0.1) is 5.10 Å². The summed E-state index contributed by atoms with van der Waals surface area (Å²) in [6, 6.07) is 14.1. The number of thioether (sulfide) groups is 1. The van der Waals surface area contributed by atoms with Crippen molar-refractivity contribution in [1.82, 2.24) is 14.8 Å². The lowest BCUT2D eigenvalue weighted by atomic mass is 9.85. The van der Waals surface area contributed by atoms with Crippen LogP contribution in [-0.4, -0.2) is 26.4 Å². The van der Waals surface area contributed by atoms with Gasteiger partial charge in [0.2, 0.25) is 11.1 Å². The number of allylic oxidation sites excluding steroid dienone is 1. The Balaban J connectivity index is 1.78. The van der Waals surface area contributed by atoms with E-state index in [1.807, 2.05) is 30.7 Å². The fraction of sp³-hybridized carbons (Fsp3) is 0.393. The summed E-state index contributed by atoms with van der Waals surface area (Å²) in [4.78, 5) is 18.5. The second-order valence-electron chi connectivity index (χ2n) is 10.2. The topological polar surface area (TPSA) is 71.8 Å². The summed E-state index contributed by atoms with van der Waals surface area (Å²) in [5.74, 6) is 1.47. The Kier molecular flexibility index (Phi) is 7.08. The molecule has 0 bridgehead atoms. The molecule has 0 aliphatic carbocycles. The molecule has 3 aromatic rings. The van der Waals surface area contributed by atoms with Crippen molar-refractivity contribution in [1.29, 1.82) is 0 Å². The van der Waals surface area contributed by atoms with Gasteiger partial charge >= 0.3 is 0 Å². The van der Waals surface area contributed by atoms with Gasteiger partial charge in [-0.05, 0) is 60.9 Å². The summed E-state index contributed by atoms with van der Waals surface area (Å²) >= 11 is 1.63. The highest BCUT2D eigenvalue weighted by molar-refractivity contribution is 7.99. The maximum Gasteiger partial charge on any atom is 0.255 e. The number of fused-ring (bicyclic) bond motifs is 1. The predicted molar refractivity (Wildman–Crippen MR) is 145 cm³/mol. The third-order valence-electron chi connectivity index (χ3n) is 6.46. The fourth-order valence-corrected chi connectivity index (χ4v) is 4.91. The quantitative estimate of drug-likeness (QED) is 0.381. The fourth-order valence-electron chi connectivity index (χ4n) is 4.23. The molecule has 184 valence electrons. The highest BCUT2D eigenvalue weighted by atomic mass is 32.2. The number of rotatable bonds is 6. The van der Waals surface area contributed by atoms with Crippen LogP contribution in [0.3, 0.4) is 0 Å². The Morgan fingerprint density at radius 1 is 1.11 bits per heavy atom. The lowest BCUT2D eigenvalue weighted by Crippen LogP contribution is -2.31. The number of aryl methyl sites for hydroxylation is 1. The normalized spacial score (nSPS) is 15.6. The van der Waals surface area contributed by atoms with Gasteiger partial charge in [0.1, 0.15) is 6.04 Å². The summed E-state index contributed by atoms with van der Waals surface area (Å²) in [6.45, 7) is 14.8. The molecule has 4 rings (SSSR count). The molecular weight excluding hydrogens is 454 g/mol. The first-order chi connectivity index (χ1) is 16.6. The molecule has 0 saturated carbocycles. The maximum absolute atomic E-state index is 13.8. The number of amides is 1. The minimum Gasteiger partial charge on any atom is -0.328 e. The average molecular weight is 490 g/mol. The first-order valence-corrected chi connectivity index (χ1v) is 13.1. The van der Waals surface area contributed by atoms with Gasteiger partial charge in [0.15, 0.2) is 0 Å². The molecule has 1 atom stereocenters. The predicted octanol–water partition coefficient (Wildman–Crippen LogP) is 6.62. The number of benzene rings is 2. The number of carbonyl (C=O) groups is 1. The van der Waals surface area contributed by atoms with Crippen LogP contribution >= 0.6 is 11.8 Å². The number of carbonyl (C=O) groups excluding carboxylic acids is 1. The molecule has 0 fully saturated rings. The van der Waals surface area contributed by atoms with E-state index >= 15 is 0 Å². The van der Waals surface area contributed by atoms with Gasteiger partial charge in [-0.25, -0.2) is 4.68 Å². The van der Waals surface area contributed by atoms with E-state index in [2.05, 4.69) is 75.6 Å². The van der Waals surface area contributed by atoms with Crippen molar-refractivity contribution >= 4 is 29.3 Å². The molecule has 2 N–H and O–H groups in total. The van der Waals surface area contributed by atoms with E-state index in [1.54, 1.807) is 11.8 Å². The van der Waals surface area contributed by atoms with Crippen LogP contribution in [0.25, 0.3) is 0 Å². The summed E-state index contributed by atoms with van der Waals surface area (Å²) < 4.78 is 1.86. The standard InChI is InChI=1S/C28H35N5OS/c1-8-16-35-27-31-26-29-19(4)23(25(34)30-22-11-9-10-17(2)18(22)3)24(33(26)32-27)20-12-14-21(15-13-20)28(5,6)7/h9-15,24H,8,16H2,1-7H3,(H,30,34)(H,29,31,32). The highest BCUT2D eigenvalue weighted by Gasteiger charge is 2.34. The molecule has 0 spiro atoms. The first kappa shape index (κ1) is 25.0. The van der Waals surface area contributed by atoms with Gasteiger partial charge in [0.05, 0.1) is 5.57 Å². The maximum atomic E-state index is 13.8. The molecule has 2 aromatic carbocycles. The molecule has 1 aliphatic heterocycles. The zero-order valence-corrected chi connectivity index (χ0v) is 22.5. The van der Waals surface area contributed by atoms with Crippen molar-refractivity contribution in [3.63, 3.8) is 0 Å². The molecule has 1 unspecified atom stereocenters. The lowest BCUT2D eigenvalue weighted by molar-refractivity contribution is -0.113. The van der Waals surface area contributed by atoms with Crippen LogP contribution in [0.5, 0.6) is 0 Å². The molecule has 0 radical (unpaired) electrons. The summed E-state index contributed by atoms with van der Waals surface area (Å²) in [5.41, 5.74) is 6.74. The van der Waals surface area contributed by atoms with Crippen LogP contribution in [0.1, 0.15) is 69.3 Å². The molecule has 1 amide bonds. The van der Waals surface area contributed by atoms with E-state index in [1.165, 1.54) is 5.56 Å². The minimum absolute atomic E-state index is 0.0453. The smallest absolute Gasteiger partial charge is 0.255 e. The van der Waals surface area contributed by atoms with Crippen molar-refractivity contribution in [3.05, 3.63) is 76.0 Å². The monoisotopic (exact) mass is 489 g/mol. The number of nitrogens with one attached hydrogen (secondary N) is 2.